The molecule has 1 aliphatic rings. The first-order chi connectivity index (χ1) is 12.9. The van der Waals surface area contributed by atoms with Crippen molar-refractivity contribution >= 4 is 17.1 Å². The van der Waals surface area contributed by atoms with Gasteiger partial charge in [0.2, 0.25) is 5.71 Å². The van der Waals surface area contributed by atoms with Crippen molar-refractivity contribution in [1.82, 2.24) is 0 Å². The Labute approximate surface area is 153 Å². The third-order valence-electron chi connectivity index (χ3n) is 4.28. The summed E-state index contributed by atoms with van der Waals surface area (Å²) in [6.07, 6.45) is -3.88. The van der Waals surface area contributed by atoms with Crippen LogP contribution in [0, 0.1) is 22.7 Å². The molecule has 5 nitrogen and oxygen atoms in total. The number of halogens is 3. The van der Waals surface area contributed by atoms with E-state index in [4.69, 9.17) is 10.5 Å². The third-order valence-corrected chi connectivity index (χ3v) is 4.28. The molecule has 1 heterocycles. The van der Waals surface area contributed by atoms with Crippen molar-refractivity contribution in [1.29, 1.82) is 10.5 Å². The second-order valence-electron chi connectivity index (χ2n) is 5.97. The summed E-state index contributed by atoms with van der Waals surface area (Å²) in [5.74, 6) is 0. The first kappa shape index (κ1) is 18.3. The van der Waals surface area contributed by atoms with E-state index < -0.39 is 17.5 Å². The Bertz CT molecular complexity index is 951. The predicted octanol–water partition coefficient (Wildman–Crippen LogP) is 4.08. The highest BCUT2D eigenvalue weighted by Gasteiger charge is 2.35. The van der Waals surface area contributed by atoms with Crippen LogP contribution in [0.5, 0.6) is 0 Å². The molecule has 8 heteroatoms. The highest BCUT2D eigenvalue weighted by atomic mass is 19.4. The van der Waals surface area contributed by atoms with Gasteiger partial charge in [0, 0.05) is 18.8 Å². The number of hydrogen-bond donors (Lipinski definition) is 1. The maximum atomic E-state index is 13.6. The molecule has 1 N–H and O–H groups in total. The Morgan fingerprint density at radius 3 is 2.44 bits per heavy atom. The fraction of sp³-hybridized carbons (Fsp3) is 0.211. The molecular formula is C19H14F3N5. The average molecular weight is 369 g/mol. The van der Waals surface area contributed by atoms with E-state index in [0.717, 1.165) is 17.2 Å². The molecule has 0 saturated heterocycles. The molecule has 0 aromatic heterocycles. The second-order valence-corrected chi connectivity index (χ2v) is 5.97. The van der Waals surface area contributed by atoms with E-state index in [1.807, 2.05) is 24.3 Å². The number of hydrogen-bond acceptors (Lipinski definition) is 5. The van der Waals surface area contributed by atoms with Crippen LogP contribution in [-0.4, -0.2) is 12.3 Å². The summed E-state index contributed by atoms with van der Waals surface area (Å²) in [7, 11) is 0. The van der Waals surface area contributed by atoms with Gasteiger partial charge < -0.3 is 4.90 Å². The van der Waals surface area contributed by atoms with E-state index in [1.165, 1.54) is 24.3 Å². The number of nitrogens with one attached hydrogen (secondary N) is 1. The summed E-state index contributed by atoms with van der Waals surface area (Å²) in [6.45, 7) is 0.884. The van der Waals surface area contributed by atoms with Crippen molar-refractivity contribution in [2.75, 3.05) is 16.9 Å². The van der Waals surface area contributed by atoms with Crippen LogP contribution in [0.25, 0.3) is 0 Å². The van der Waals surface area contributed by atoms with Gasteiger partial charge in [0.15, 0.2) is 0 Å². The molecule has 2 aromatic carbocycles. The molecule has 3 rings (SSSR count). The molecule has 136 valence electrons. The number of hydrazone groups is 1. The number of benzene rings is 2. The minimum Gasteiger partial charge on any atom is -0.366 e. The maximum absolute atomic E-state index is 13.6. The highest BCUT2D eigenvalue weighted by Crippen LogP contribution is 2.39. The lowest BCUT2D eigenvalue weighted by molar-refractivity contribution is -0.137. The predicted molar refractivity (Wildman–Crippen MR) is 94.9 cm³/mol. The summed E-state index contributed by atoms with van der Waals surface area (Å²) in [5, 5.41) is 20.8. The normalized spacial score (nSPS) is 13.1. The molecule has 2 aromatic rings. The number of alkyl halides is 3. The smallest absolute Gasteiger partial charge is 0.366 e. The summed E-state index contributed by atoms with van der Waals surface area (Å²) in [6, 6.07) is 14.5. The molecule has 1 aliphatic heterocycles. The van der Waals surface area contributed by atoms with E-state index in [-0.39, 0.29) is 11.4 Å². The first-order valence-electron chi connectivity index (χ1n) is 8.09. The van der Waals surface area contributed by atoms with Crippen LogP contribution in [0.2, 0.25) is 0 Å². The van der Waals surface area contributed by atoms with Gasteiger partial charge in [-0.25, -0.2) is 0 Å². The van der Waals surface area contributed by atoms with E-state index >= 15 is 0 Å². The fourth-order valence-corrected chi connectivity index (χ4v) is 3.01. The van der Waals surface area contributed by atoms with Gasteiger partial charge in [-0.2, -0.15) is 28.8 Å². The van der Waals surface area contributed by atoms with E-state index in [9.17, 15) is 13.2 Å². The summed E-state index contributed by atoms with van der Waals surface area (Å²) in [5.41, 5.74) is 3.36. The van der Waals surface area contributed by atoms with E-state index in [2.05, 4.69) is 10.5 Å². The zero-order chi connectivity index (χ0) is 19.4. The second kappa shape index (κ2) is 7.38. The monoisotopic (exact) mass is 369 g/mol. The zero-order valence-electron chi connectivity index (χ0n) is 14.1. The Hall–Kier alpha value is -3.52. The number of anilines is 2. The third kappa shape index (κ3) is 4.01. The molecule has 0 fully saturated rings. The van der Waals surface area contributed by atoms with Gasteiger partial charge in [-0.1, -0.05) is 24.3 Å². The highest BCUT2D eigenvalue weighted by molar-refractivity contribution is 6.10. The lowest BCUT2D eigenvalue weighted by atomic mass is 9.98. The standard InChI is InChI=1S/C19H14F3N5/c20-19(21,22)17-9-15(25-26-16(10-23)11-24)5-6-18(17)27-8-7-13-3-1-2-4-14(13)12-27/h1-6,9,25H,7-8,12H2. The van der Waals surface area contributed by atoms with Crippen LogP contribution >= 0.6 is 0 Å². The molecule has 0 unspecified atom stereocenters. The van der Waals surface area contributed by atoms with Crippen LogP contribution < -0.4 is 10.3 Å². The van der Waals surface area contributed by atoms with Crippen molar-refractivity contribution < 1.29 is 13.2 Å². The van der Waals surface area contributed by atoms with E-state index in [0.29, 0.717) is 19.5 Å². The van der Waals surface area contributed by atoms with Crippen LogP contribution in [0.1, 0.15) is 16.7 Å². The van der Waals surface area contributed by atoms with Crippen molar-refractivity contribution in [2.24, 2.45) is 5.10 Å². The molecule has 0 atom stereocenters. The first-order valence-corrected chi connectivity index (χ1v) is 8.09. The molecule has 0 amide bonds. The number of nitrogens with zero attached hydrogens (tertiary/aromatic N) is 4. The minimum atomic E-state index is -4.55. The summed E-state index contributed by atoms with van der Waals surface area (Å²) >= 11 is 0. The molecule has 0 spiro atoms. The van der Waals surface area contributed by atoms with Crippen molar-refractivity contribution in [3.8, 4) is 12.1 Å². The quantitative estimate of drug-likeness (QED) is 0.653. The molecule has 0 aliphatic carbocycles. The summed E-state index contributed by atoms with van der Waals surface area (Å²) < 4.78 is 40.8. The molecule has 27 heavy (non-hydrogen) atoms. The summed E-state index contributed by atoms with van der Waals surface area (Å²) in [4.78, 5) is 1.70. The SMILES string of the molecule is N#CC(C#N)=NNc1ccc(N2CCc3ccccc3C2)c(C(F)(F)F)c1. The van der Waals surface area contributed by atoms with E-state index in [1.54, 1.807) is 4.90 Å². The van der Waals surface area contributed by atoms with Gasteiger partial charge in [0.05, 0.1) is 11.3 Å². The van der Waals surface area contributed by atoms with Crippen molar-refractivity contribution in [2.45, 2.75) is 19.1 Å². The molecule has 0 bridgehead atoms. The van der Waals surface area contributed by atoms with Gasteiger partial charge in [-0.05, 0) is 35.7 Å². The van der Waals surface area contributed by atoms with Gasteiger partial charge in [-0.3, -0.25) is 5.43 Å². The van der Waals surface area contributed by atoms with Crippen molar-refractivity contribution in [3.63, 3.8) is 0 Å². The van der Waals surface area contributed by atoms with Gasteiger partial charge in [0.1, 0.15) is 12.1 Å². The number of nitriles is 2. The Morgan fingerprint density at radius 1 is 1.07 bits per heavy atom. The zero-order valence-corrected chi connectivity index (χ0v) is 14.1. The number of rotatable bonds is 3. The van der Waals surface area contributed by atoms with Crippen LogP contribution in [0.4, 0.5) is 24.5 Å². The van der Waals surface area contributed by atoms with Crippen LogP contribution in [0.3, 0.4) is 0 Å². The topological polar surface area (TPSA) is 75.2 Å². The Morgan fingerprint density at radius 2 is 1.78 bits per heavy atom. The van der Waals surface area contributed by atoms with Crippen molar-refractivity contribution in [3.05, 3.63) is 59.2 Å². The van der Waals surface area contributed by atoms with Crippen LogP contribution in [-0.2, 0) is 19.1 Å². The van der Waals surface area contributed by atoms with Crippen LogP contribution in [0.15, 0.2) is 47.6 Å². The Kier molecular flexibility index (Phi) is 5.00. The van der Waals surface area contributed by atoms with Gasteiger partial charge >= 0.3 is 6.18 Å². The lowest BCUT2D eigenvalue weighted by Crippen LogP contribution is -2.32. The Balaban J connectivity index is 1.93. The van der Waals surface area contributed by atoms with Gasteiger partial charge in [-0.15, -0.1) is 0 Å². The number of fused-ring (bicyclic) bond motifs is 1. The molecule has 0 radical (unpaired) electrons. The fourth-order valence-electron chi connectivity index (χ4n) is 3.01. The minimum absolute atomic E-state index is 0.0477. The lowest BCUT2D eigenvalue weighted by Gasteiger charge is -2.32. The largest absolute Gasteiger partial charge is 0.418 e. The molecular weight excluding hydrogens is 355 g/mol. The molecule has 0 saturated carbocycles. The average Bonchev–Trinajstić information content (AvgIpc) is 2.67. The van der Waals surface area contributed by atoms with Gasteiger partial charge in [0.25, 0.3) is 0 Å². The maximum Gasteiger partial charge on any atom is 0.418 e.